The zero-order chi connectivity index (χ0) is 37.3. The highest BCUT2D eigenvalue weighted by atomic mass is 14.3. The lowest BCUT2D eigenvalue weighted by molar-refractivity contribution is 1.62. The molecule has 0 aliphatic heterocycles. The van der Waals surface area contributed by atoms with E-state index in [-0.39, 0.29) is 0 Å². The van der Waals surface area contributed by atoms with Crippen LogP contribution in [-0.4, -0.2) is 0 Å². The van der Waals surface area contributed by atoms with Gasteiger partial charge in [0.15, 0.2) is 0 Å². The lowest BCUT2D eigenvalue weighted by Crippen LogP contribution is -1.95. The fourth-order valence-corrected chi connectivity index (χ4v) is 9.69. The Balaban J connectivity index is 1.33. The van der Waals surface area contributed by atoms with Gasteiger partial charge in [-0.3, -0.25) is 0 Å². The molecule has 0 amide bonds. The maximum atomic E-state index is 4.21. The van der Waals surface area contributed by atoms with Crippen molar-refractivity contribution >= 4 is 59.4 Å². The third-order valence-electron chi connectivity index (χ3n) is 11.9. The van der Waals surface area contributed by atoms with Crippen LogP contribution in [0.2, 0.25) is 0 Å². The summed E-state index contributed by atoms with van der Waals surface area (Å²) in [6, 6.07) is 65.1. The highest BCUT2D eigenvalue weighted by molar-refractivity contribution is 6.31. The summed E-state index contributed by atoms with van der Waals surface area (Å²) in [6.45, 7) is 8.25. The first-order valence-electron chi connectivity index (χ1n) is 19.3. The smallest absolute Gasteiger partial charge is 0.000719 e. The van der Waals surface area contributed by atoms with Crippen LogP contribution in [0.1, 0.15) is 5.56 Å². The Morgan fingerprint density at radius 3 is 1.54 bits per heavy atom. The Hall–Kier alpha value is -7.28. The van der Waals surface area contributed by atoms with Gasteiger partial charge in [0.05, 0.1) is 0 Å². The van der Waals surface area contributed by atoms with E-state index < -0.39 is 0 Å². The molecule has 10 aromatic carbocycles. The van der Waals surface area contributed by atoms with Crippen molar-refractivity contribution in [2.45, 2.75) is 0 Å². The number of rotatable bonds is 6. The summed E-state index contributed by atoms with van der Waals surface area (Å²) in [5.41, 5.74) is 14.9. The second kappa shape index (κ2) is 12.7. The van der Waals surface area contributed by atoms with Crippen LogP contribution in [-0.2, 0) is 0 Å². The Morgan fingerprint density at radius 1 is 0.357 bits per heavy atom. The third-order valence-corrected chi connectivity index (χ3v) is 11.9. The molecule has 0 aromatic heterocycles. The Kier molecular flexibility index (Phi) is 7.27. The van der Waals surface area contributed by atoms with Crippen molar-refractivity contribution in [1.82, 2.24) is 0 Å². The number of hydrogen-bond acceptors (Lipinski definition) is 0. The summed E-state index contributed by atoms with van der Waals surface area (Å²) in [5.74, 6) is 0. The van der Waals surface area contributed by atoms with Gasteiger partial charge in [-0.25, -0.2) is 0 Å². The zero-order valence-electron chi connectivity index (χ0n) is 30.9. The average Bonchev–Trinajstić information content (AvgIpc) is 3.58. The van der Waals surface area contributed by atoms with E-state index >= 15 is 0 Å². The van der Waals surface area contributed by atoms with Gasteiger partial charge in [-0.15, -0.1) is 0 Å². The van der Waals surface area contributed by atoms with Gasteiger partial charge < -0.3 is 0 Å². The molecule has 1 aliphatic carbocycles. The Morgan fingerprint density at radius 2 is 0.893 bits per heavy atom. The van der Waals surface area contributed by atoms with Crippen molar-refractivity contribution in [2.75, 3.05) is 0 Å². The van der Waals surface area contributed by atoms with E-state index in [1.807, 2.05) is 12.2 Å². The number of fused-ring (bicyclic) bond motifs is 8. The molecule has 260 valence electrons. The zero-order valence-corrected chi connectivity index (χ0v) is 30.9. The minimum Gasteiger partial charge on any atom is -0.0990 e. The second-order valence-corrected chi connectivity index (χ2v) is 14.8. The van der Waals surface area contributed by atoms with E-state index in [0.29, 0.717) is 0 Å². The molecule has 0 saturated heterocycles. The lowest BCUT2D eigenvalue weighted by Gasteiger charge is -2.22. The van der Waals surface area contributed by atoms with Crippen molar-refractivity contribution in [3.8, 4) is 55.6 Å². The minimum absolute atomic E-state index is 1.06. The molecule has 0 fully saturated rings. The molecule has 0 atom stereocenters. The summed E-state index contributed by atoms with van der Waals surface area (Å²) in [7, 11) is 0. The van der Waals surface area contributed by atoms with E-state index in [0.717, 1.165) is 5.57 Å². The van der Waals surface area contributed by atoms with Gasteiger partial charge in [-0.05, 0) is 133 Å². The van der Waals surface area contributed by atoms with E-state index in [2.05, 4.69) is 195 Å². The number of benzene rings is 10. The topological polar surface area (TPSA) is 0 Å². The molecular weight excluding hydrogens is 673 g/mol. The molecule has 10 aromatic rings. The molecule has 56 heavy (non-hydrogen) atoms. The second-order valence-electron chi connectivity index (χ2n) is 14.8. The predicted octanol–water partition coefficient (Wildman–Crippen LogP) is 15.9. The van der Waals surface area contributed by atoms with Gasteiger partial charge in [0, 0.05) is 0 Å². The minimum atomic E-state index is 1.06. The Bertz CT molecular complexity index is 3250. The largest absolute Gasteiger partial charge is 0.0990 e. The molecule has 0 spiro atoms. The normalized spacial score (nSPS) is 12.2. The molecule has 1 aliphatic rings. The van der Waals surface area contributed by atoms with Crippen molar-refractivity contribution in [1.29, 1.82) is 0 Å². The maximum absolute atomic E-state index is 4.21. The summed E-state index contributed by atoms with van der Waals surface area (Å²) in [4.78, 5) is 0. The van der Waals surface area contributed by atoms with Crippen molar-refractivity contribution < 1.29 is 0 Å². The van der Waals surface area contributed by atoms with E-state index in [1.165, 1.54) is 115 Å². The molecule has 0 N–H and O–H groups in total. The summed E-state index contributed by atoms with van der Waals surface area (Å²) >= 11 is 0. The van der Waals surface area contributed by atoms with Crippen molar-refractivity contribution in [2.24, 2.45) is 0 Å². The van der Waals surface area contributed by atoms with Crippen LogP contribution in [0.25, 0.3) is 115 Å². The van der Waals surface area contributed by atoms with Gasteiger partial charge in [-0.2, -0.15) is 0 Å². The molecule has 0 unspecified atom stereocenters. The molecule has 0 heteroatoms. The van der Waals surface area contributed by atoms with Gasteiger partial charge >= 0.3 is 0 Å². The summed E-state index contributed by atoms with van der Waals surface area (Å²) in [6.07, 6.45) is 5.87. The highest BCUT2D eigenvalue weighted by Gasteiger charge is 2.31. The van der Waals surface area contributed by atoms with Crippen LogP contribution in [0.5, 0.6) is 0 Å². The van der Waals surface area contributed by atoms with Crippen molar-refractivity contribution in [3.05, 3.63) is 213 Å². The van der Waals surface area contributed by atoms with Crippen LogP contribution in [0.4, 0.5) is 0 Å². The predicted molar refractivity (Wildman–Crippen MR) is 243 cm³/mol. The maximum Gasteiger partial charge on any atom is -0.000719 e. The molecule has 0 saturated carbocycles. The quantitative estimate of drug-likeness (QED) is 0.0916. The van der Waals surface area contributed by atoms with Crippen LogP contribution in [0.15, 0.2) is 207 Å². The van der Waals surface area contributed by atoms with Gasteiger partial charge in [0.2, 0.25) is 0 Å². The van der Waals surface area contributed by atoms with Gasteiger partial charge in [-0.1, -0.05) is 195 Å². The fourth-order valence-electron chi connectivity index (χ4n) is 9.69. The van der Waals surface area contributed by atoms with Crippen LogP contribution >= 0.6 is 0 Å². The number of hydrogen-bond donors (Lipinski definition) is 0. The van der Waals surface area contributed by atoms with Gasteiger partial charge in [0.25, 0.3) is 0 Å². The van der Waals surface area contributed by atoms with Gasteiger partial charge in [0.1, 0.15) is 0 Å². The molecule has 0 bridgehead atoms. The van der Waals surface area contributed by atoms with Crippen LogP contribution < -0.4 is 0 Å². The third kappa shape index (κ3) is 4.60. The molecule has 0 nitrogen and oxygen atoms in total. The highest BCUT2D eigenvalue weighted by Crippen LogP contribution is 2.59. The van der Waals surface area contributed by atoms with Crippen LogP contribution in [0, 0.1) is 0 Å². The molecule has 0 radical (unpaired) electrons. The van der Waals surface area contributed by atoms with Crippen LogP contribution in [0.3, 0.4) is 0 Å². The van der Waals surface area contributed by atoms with E-state index in [9.17, 15) is 0 Å². The summed E-state index contributed by atoms with van der Waals surface area (Å²) in [5, 5.41) is 12.5. The van der Waals surface area contributed by atoms with E-state index in [1.54, 1.807) is 0 Å². The molecule has 11 rings (SSSR count). The SMILES string of the molecule is C=C/C=C(\C=C)c1c2ccccc2c(-c2ccc3c(-c4ccccc4)c4c(c(-c5ccccc5)c3c2)-c2cc3ccccc3c3cccc-4c23)c2ccccc12. The first-order chi connectivity index (χ1) is 27.7. The standard InChI is InChI=1S/C56H36/c1-3-18-35(4-2)50-42-25-13-15-27-44(42)51(45-28-16-14-26-43(45)50)39-31-32-46-48(34-39)53(37-21-9-6-10-22-37)56-49-33-38-23-11-12-24-40(38)41-29-17-30-47(54(41)49)55(56)52(46)36-19-7-5-8-20-36/h3-34H,1-2H2/b35-18+. The molecular formula is C56H36. The monoisotopic (exact) mass is 708 g/mol. The summed E-state index contributed by atoms with van der Waals surface area (Å²) < 4.78 is 0. The molecule has 0 heterocycles. The average molecular weight is 709 g/mol. The Labute approximate surface area is 326 Å². The first kappa shape index (κ1) is 32.2. The first-order valence-corrected chi connectivity index (χ1v) is 19.3. The fraction of sp³-hybridized carbons (Fsp3) is 0. The van der Waals surface area contributed by atoms with Crippen molar-refractivity contribution in [3.63, 3.8) is 0 Å². The lowest BCUT2D eigenvalue weighted by atomic mass is 9.80. The number of allylic oxidation sites excluding steroid dienone is 4. The van der Waals surface area contributed by atoms with E-state index in [4.69, 9.17) is 0 Å².